The van der Waals surface area contributed by atoms with Gasteiger partial charge in [-0.25, -0.2) is 9.59 Å². The van der Waals surface area contributed by atoms with Crippen molar-refractivity contribution in [2.75, 3.05) is 18.5 Å². The Morgan fingerprint density at radius 3 is 2.71 bits per heavy atom. The zero-order valence-electron chi connectivity index (χ0n) is 11.4. The van der Waals surface area contributed by atoms with Crippen molar-refractivity contribution in [3.63, 3.8) is 0 Å². The first-order chi connectivity index (χ1) is 9.95. The number of nitriles is 1. The molecule has 7 heteroatoms. The Balaban J connectivity index is 2.27. The summed E-state index contributed by atoms with van der Waals surface area (Å²) in [5.74, 6) is -1.15. The molecule has 1 aliphatic heterocycles. The van der Waals surface area contributed by atoms with Crippen LogP contribution in [0.4, 0.5) is 10.5 Å². The minimum Gasteiger partial charge on any atom is -0.480 e. The third-order valence-electron chi connectivity index (χ3n) is 3.48. The number of likely N-dealkylation sites (tertiary alicyclic amines) is 1. The largest absolute Gasteiger partial charge is 0.480 e. The first-order valence-electron chi connectivity index (χ1n) is 6.40. The Hall–Kier alpha value is -2.59. The Kier molecular flexibility index (Phi) is 4.10. The van der Waals surface area contributed by atoms with E-state index in [1.165, 1.54) is 11.9 Å². The zero-order chi connectivity index (χ0) is 15.6. The van der Waals surface area contributed by atoms with Crippen molar-refractivity contribution in [2.24, 2.45) is 0 Å². The van der Waals surface area contributed by atoms with Gasteiger partial charge in [-0.2, -0.15) is 5.26 Å². The number of para-hydroxylation sites is 1. The number of carbonyl (C=O) groups excluding carboxylic acids is 1. The molecule has 1 aliphatic rings. The van der Waals surface area contributed by atoms with Gasteiger partial charge in [-0.1, -0.05) is 12.1 Å². The van der Waals surface area contributed by atoms with Crippen LogP contribution in [0.5, 0.6) is 0 Å². The van der Waals surface area contributed by atoms with Gasteiger partial charge >= 0.3 is 12.0 Å². The lowest BCUT2D eigenvalue weighted by Gasteiger charge is -2.27. The third-order valence-corrected chi connectivity index (χ3v) is 3.48. The Morgan fingerprint density at radius 1 is 1.43 bits per heavy atom. The van der Waals surface area contributed by atoms with Crippen molar-refractivity contribution in [1.29, 1.82) is 5.26 Å². The summed E-state index contributed by atoms with van der Waals surface area (Å²) in [4.78, 5) is 26.0. The van der Waals surface area contributed by atoms with Crippen LogP contribution in [-0.2, 0) is 4.79 Å². The van der Waals surface area contributed by atoms with Crippen LogP contribution in [0.3, 0.4) is 0 Å². The molecule has 110 valence electrons. The second kappa shape index (κ2) is 5.81. The highest BCUT2D eigenvalue weighted by Crippen LogP contribution is 2.24. The summed E-state index contributed by atoms with van der Waals surface area (Å²) >= 11 is 0. The lowest BCUT2D eigenvalue weighted by atomic mass is 10.2. The number of carboxylic acid groups (broad SMARTS) is 1. The molecule has 0 aliphatic carbocycles. The van der Waals surface area contributed by atoms with Gasteiger partial charge in [0.05, 0.1) is 17.4 Å². The van der Waals surface area contributed by atoms with Crippen molar-refractivity contribution >= 4 is 17.7 Å². The van der Waals surface area contributed by atoms with Crippen molar-refractivity contribution < 1.29 is 19.8 Å². The summed E-state index contributed by atoms with van der Waals surface area (Å²) in [5.41, 5.74) is 0.718. The van der Waals surface area contributed by atoms with E-state index < -0.39 is 24.1 Å². The van der Waals surface area contributed by atoms with Gasteiger partial charge in [-0.05, 0) is 12.1 Å². The van der Waals surface area contributed by atoms with Gasteiger partial charge in [0, 0.05) is 20.0 Å². The number of urea groups is 1. The van der Waals surface area contributed by atoms with Gasteiger partial charge in [0.25, 0.3) is 0 Å². The number of carboxylic acids is 1. The minimum absolute atomic E-state index is 0.00874. The number of benzene rings is 1. The fraction of sp³-hybridized carbons (Fsp3) is 0.357. The van der Waals surface area contributed by atoms with Gasteiger partial charge in [-0.15, -0.1) is 0 Å². The lowest BCUT2D eigenvalue weighted by Crippen LogP contribution is -2.47. The van der Waals surface area contributed by atoms with Crippen LogP contribution < -0.4 is 4.90 Å². The lowest BCUT2D eigenvalue weighted by molar-refractivity contribution is -0.141. The van der Waals surface area contributed by atoms with Gasteiger partial charge < -0.3 is 15.1 Å². The molecule has 2 rings (SSSR count). The maximum Gasteiger partial charge on any atom is 0.326 e. The summed E-state index contributed by atoms with van der Waals surface area (Å²) in [6, 6.07) is 6.94. The Morgan fingerprint density at radius 2 is 2.10 bits per heavy atom. The molecule has 2 amide bonds. The van der Waals surface area contributed by atoms with Crippen LogP contribution in [0.2, 0.25) is 0 Å². The average Bonchev–Trinajstić information content (AvgIpc) is 2.88. The number of anilines is 1. The second-order valence-corrected chi connectivity index (χ2v) is 4.87. The molecule has 1 heterocycles. The van der Waals surface area contributed by atoms with Crippen molar-refractivity contribution in [1.82, 2.24) is 4.90 Å². The maximum absolute atomic E-state index is 12.4. The second-order valence-electron chi connectivity index (χ2n) is 4.87. The predicted octanol–water partition coefficient (Wildman–Crippen LogP) is 0.634. The fourth-order valence-electron chi connectivity index (χ4n) is 2.42. The highest BCUT2D eigenvalue weighted by Gasteiger charge is 2.40. The van der Waals surface area contributed by atoms with E-state index in [2.05, 4.69) is 0 Å². The molecule has 2 atom stereocenters. The molecule has 0 radical (unpaired) electrons. The van der Waals surface area contributed by atoms with E-state index in [-0.39, 0.29) is 13.0 Å². The zero-order valence-corrected chi connectivity index (χ0v) is 11.4. The molecule has 21 heavy (non-hydrogen) atoms. The van der Waals surface area contributed by atoms with Crippen molar-refractivity contribution in [2.45, 2.75) is 18.6 Å². The molecule has 0 aromatic heterocycles. The molecule has 0 spiro atoms. The molecular formula is C14H15N3O4. The number of hydrogen-bond acceptors (Lipinski definition) is 4. The summed E-state index contributed by atoms with van der Waals surface area (Å²) < 4.78 is 0. The van der Waals surface area contributed by atoms with Gasteiger partial charge in [0.15, 0.2) is 0 Å². The van der Waals surface area contributed by atoms with Crippen LogP contribution in [0.25, 0.3) is 0 Å². The average molecular weight is 289 g/mol. The third kappa shape index (κ3) is 2.80. The predicted molar refractivity (Wildman–Crippen MR) is 73.7 cm³/mol. The van der Waals surface area contributed by atoms with Crippen LogP contribution in [0.15, 0.2) is 24.3 Å². The van der Waals surface area contributed by atoms with Crippen LogP contribution >= 0.6 is 0 Å². The highest BCUT2D eigenvalue weighted by atomic mass is 16.4. The Labute approximate surface area is 121 Å². The number of amides is 2. The summed E-state index contributed by atoms with van der Waals surface area (Å²) in [7, 11) is 1.47. The number of aliphatic hydroxyl groups is 1. The van der Waals surface area contributed by atoms with E-state index in [1.807, 2.05) is 6.07 Å². The molecule has 2 N–H and O–H groups in total. The topological polar surface area (TPSA) is 105 Å². The van der Waals surface area contributed by atoms with E-state index in [4.69, 9.17) is 10.4 Å². The molecule has 7 nitrogen and oxygen atoms in total. The SMILES string of the molecule is CN(C(=O)N1CC(O)CC1C(=O)O)c1ccccc1C#N. The summed E-state index contributed by atoms with van der Waals surface area (Å²) in [5, 5.41) is 27.8. The number of β-amino-alcohol motifs (C(OH)–C–C–N with tert-alkyl or cyclic N) is 1. The van der Waals surface area contributed by atoms with Crippen LogP contribution in [-0.4, -0.2) is 52.9 Å². The monoisotopic (exact) mass is 289 g/mol. The quantitative estimate of drug-likeness (QED) is 0.831. The number of carbonyl (C=O) groups is 2. The first-order valence-corrected chi connectivity index (χ1v) is 6.40. The van der Waals surface area contributed by atoms with Crippen molar-refractivity contribution in [3.05, 3.63) is 29.8 Å². The summed E-state index contributed by atoms with van der Waals surface area (Å²) in [6.45, 7) is -0.0329. The van der Waals surface area contributed by atoms with Crippen molar-refractivity contribution in [3.8, 4) is 6.07 Å². The molecule has 1 saturated heterocycles. The van der Waals surface area contributed by atoms with Gasteiger partial charge in [0.1, 0.15) is 12.1 Å². The fourth-order valence-corrected chi connectivity index (χ4v) is 2.42. The minimum atomic E-state index is -1.15. The molecule has 0 bridgehead atoms. The van der Waals surface area contributed by atoms with Crippen LogP contribution in [0.1, 0.15) is 12.0 Å². The Bertz CT molecular complexity index is 610. The summed E-state index contributed by atoms with van der Waals surface area (Å²) in [6.07, 6.45) is -0.843. The number of hydrogen-bond donors (Lipinski definition) is 2. The smallest absolute Gasteiger partial charge is 0.326 e. The maximum atomic E-state index is 12.4. The number of aliphatic carboxylic acids is 1. The molecular weight excluding hydrogens is 274 g/mol. The molecule has 2 unspecified atom stereocenters. The van der Waals surface area contributed by atoms with Gasteiger partial charge in [-0.3, -0.25) is 4.90 Å². The molecule has 0 saturated carbocycles. The number of rotatable bonds is 2. The standard InChI is InChI=1S/C14H15N3O4/c1-16(11-5-3-2-4-9(11)7-15)14(21)17-8-10(18)6-12(17)13(19)20/h2-5,10,12,18H,6,8H2,1H3,(H,19,20). The van der Waals surface area contributed by atoms with Crippen LogP contribution in [0, 0.1) is 11.3 Å². The number of nitrogens with zero attached hydrogens (tertiary/aromatic N) is 3. The molecule has 1 fully saturated rings. The molecule has 1 aromatic rings. The van der Waals surface area contributed by atoms with Gasteiger partial charge in [0.2, 0.25) is 0 Å². The van der Waals surface area contributed by atoms with E-state index in [0.29, 0.717) is 11.3 Å². The highest BCUT2D eigenvalue weighted by molar-refractivity contribution is 5.95. The van der Waals surface area contributed by atoms with E-state index in [1.54, 1.807) is 24.3 Å². The van der Waals surface area contributed by atoms with E-state index >= 15 is 0 Å². The number of aliphatic hydroxyl groups excluding tert-OH is 1. The normalized spacial score (nSPS) is 20.9. The van der Waals surface area contributed by atoms with E-state index in [0.717, 1.165) is 4.90 Å². The van der Waals surface area contributed by atoms with E-state index in [9.17, 15) is 14.7 Å². The molecule has 1 aromatic carbocycles. The first kappa shape index (κ1) is 14.8.